The predicted octanol–water partition coefficient (Wildman–Crippen LogP) is 5.43. The third-order valence-electron chi connectivity index (χ3n) is 4.52. The SMILES string of the molecule is [CH]1C=CN=C(OCc2ccc(-c3cccnc3)cc2)N1c1nc2ccccc2s1. The first kappa shape index (κ1) is 17.6. The molecule has 6 heteroatoms. The first-order valence-electron chi connectivity index (χ1n) is 9.21. The molecule has 0 saturated carbocycles. The smallest absolute Gasteiger partial charge is 0.299 e. The van der Waals surface area contributed by atoms with E-state index in [1.165, 1.54) is 0 Å². The lowest BCUT2D eigenvalue weighted by Gasteiger charge is -2.23. The average Bonchev–Trinajstić information content (AvgIpc) is 3.23. The van der Waals surface area contributed by atoms with Crippen LogP contribution in [0.4, 0.5) is 5.13 Å². The molecule has 141 valence electrons. The van der Waals surface area contributed by atoms with Gasteiger partial charge in [0.05, 0.1) is 16.8 Å². The molecule has 0 spiro atoms. The van der Waals surface area contributed by atoms with Crippen molar-refractivity contribution in [1.29, 1.82) is 0 Å². The first-order valence-corrected chi connectivity index (χ1v) is 10.0. The Bertz CT molecular complexity index is 1150. The molecule has 0 amide bonds. The summed E-state index contributed by atoms with van der Waals surface area (Å²) >= 11 is 1.61. The highest BCUT2D eigenvalue weighted by Gasteiger charge is 2.20. The van der Waals surface area contributed by atoms with E-state index in [0.717, 1.165) is 32.0 Å². The van der Waals surface area contributed by atoms with Crippen LogP contribution in [0.2, 0.25) is 0 Å². The summed E-state index contributed by atoms with van der Waals surface area (Å²) in [5.41, 5.74) is 4.27. The molecule has 0 saturated heterocycles. The second-order valence-corrected chi connectivity index (χ2v) is 7.47. The van der Waals surface area contributed by atoms with Gasteiger partial charge in [0.1, 0.15) is 6.61 Å². The van der Waals surface area contributed by atoms with Crippen molar-refractivity contribution < 1.29 is 4.74 Å². The molecule has 1 aliphatic heterocycles. The van der Waals surface area contributed by atoms with E-state index in [0.29, 0.717) is 12.6 Å². The van der Waals surface area contributed by atoms with Gasteiger partial charge in [-0.2, -0.15) is 0 Å². The Morgan fingerprint density at radius 3 is 2.66 bits per heavy atom. The van der Waals surface area contributed by atoms with E-state index in [1.807, 2.05) is 54.0 Å². The lowest BCUT2D eigenvalue weighted by Crippen LogP contribution is -2.31. The zero-order valence-electron chi connectivity index (χ0n) is 15.5. The number of aliphatic imine (C=N–C) groups is 1. The number of aromatic nitrogens is 2. The molecule has 29 heavy (non-hydrogen) atoms. The lowest BCUT2D eigenvalue weighted by atomic mass is 10.1. The van der Waals surface area contributed by atoms with Gasteiger partial charge in [-0.15, -0.1) is 0 Å². The summed E-state index contributed by atoms with van der Waals surface area (Å²) in [5.74, 6) is 0. The summed E-state index contributed by atoms with van der Waals surface area (Å²) in [6.07, 6.45) is 7.24. The highest BCUT2D eigenvalue weighted by atomic mass is 32.1. The van der Waals surface area contributed by atoms with Crippen LogP contribution in [0.5, 0.6) is 0 Å². The number of ether oxygens (including phenoxy) is 1. The Morgan fingerprint density at radius 1 is 0.931 bits per heavy atom. The van der Waals surface area contributed by atoms with E-state index in [4.69, 9.17) is 9.72 Å². The van der Waals surface area contributed by atoms with E-state index >= 15 is 0 Å². The van der Waals surface area contributed by atoms with Gasteiger partial charge < -0.3 is 4.74 Å². The van der Waals surface area contributed by atoms with Crippen molar-refractivity contribution in [3.05, 3.63) is 97.4 Å². The second kappa shape index (κ2) is 7.85. The second-order valence-electron chi connectivity index (χ2n) is 6.46. The van der Waals surface area contributed by atoms with Crippen LogP contribution in [0.15, 0.2) is 90.3 Å². The minimum atomic E-state index is 0.426. The fourth-order valence-corrected chi connectivity index (χ4v) is 3.99. The van der Waals surface area contributed by atoms with Crippen molar-refractivity contribution in [2.24, 2.45) is 4.99 Å². The van der Waals surface area contributed by atoms with Crippen LogP contribution in [0.25, 0.3) is 21.3 Å². The number of thiazole rings is 1. The molecule has 5 rings (SSSR count). The number of rotatable bonds is 4. The number of fused-ring (bicyclic) bond motifs is 1. The Labute approximate surface area is 172 Å². The Kier molecular flexibility index (Phi) is 4.76. The fraction of sp³-hybridized carbons (Fsp3) is 0.0435. The van der Waals surface area contributed by atoms with Gasteiger partial charge in [-0.1, -0.05) is 53.8 Å². The van der Waals surface area contributed by atoms with Crippen LogP contribution in [-0.4, -0.2) is 16.0 Å². The number of nitrogens with zero attached hydrogens (tertiary/aromatic N) is 4. The summed E-state index contributed by atoms with van der Waals surface area (Å²) < 4.78 is 7.16. The van der Waals surface area contributed by atoms with Crippen molar-refractivity contribution in [2.75, 3.05) is 4.90 Å². The van der Waals surface area contributed by atoms with Crippen molar-refractivity contribution in [1.82, 2.24) is 9.97 Å². The van der Waals surface area contributed by atoms with Crippen LogP contribution in [0.1, 0.15) is 5.56 Å². The molecule has 1 aliphatic rings. The molecule has 0 aliphatic carbocycles. The lowest BCUT2D eigenvalue weighted by molar-refractivity contribution is 0.285. The van der Waals surface area contributed by atoms with E-state index in [-0.39, 0.29) is 0 Å². The van der Waals surface area contributed by atoms with Gasteiger partial charge in [-0.05, 0) is 41.0 Å². The molecule has 4 aromatic rings. The van der Waals surface area contributed by atoms with Gasteiger partial charge in [0.25, 0.3) is 6.02 Å². The van der Waals surface area contributed by atoms with E-state index in [1.54, 1.807) is 23.7 Å². The van der Waals surface area contributed by atoms with Gasteiger partial charge in [0, 0.05) is 18.6 Å². The minimum absolute atomic E-state index is 0.426. The van der Waals surface area contributed by atoms with Crippen LogP contribution >= 0.6 is 11.3 Å². The maximum atomic E-state index is 6.03. The molecule has 0 atom stereocenters. The van der Waals surface area contributed by atoms with E-state index in [2.05, 4.69) is 40.3 Å². The average molecular weight is 397 g/mol. The maximum Gasteiger partial charge on any atom is 0.299 e. The Balaban J connectivity index is 1.31. The molecule has 0 unspecified atom stereocenters. The standard InChI is InChI=1S/C23H17N4OS/c1-2-7-21-20(6-1)26-23(29-21)27-14-4-13-25-22(27)28-16-17-8-10-18(11-9-17)19-5-3-12-24-15-19/h1-15H,16H2. The topological polar surface area (TPSA) is 50.6 Å². The molecular weight excluding hydrogens is 380 g/mol. The summed E-state index contributed by atoms with van der Waals surface area (Å²) in [5, 5.41) is 0.834. The van der Waals surface area contributed by atoms with Crippen LogP contribution in [-0.2, 0) is 11.3 Å². The quantitative estimate of drug-likeness (QED) is 0.461. The van der Waals surface area contributed by atoms with E-state index < -0.39 is 0 Å². The summed E-state index contributed by atoms with van der Waals surface area (Å²) in [6.45, 7) is 2.35. The fourth-order valence-electron chi connectivity index (χ4n) is 3.05. The molecule has 2 aromatic carbocycles. The third-order valence-corrected chi connectivity index (χ3v) is 5.55. The number of amidine groups is 1. The summed E-state index contributed by atoms with van der Waals surface area (Å²) in [7, 11) is 0. The van der Waals surface area contributed by atoms with Crippen molar-refractivity contribution in [2.45, 2.75) is 6.61 Å². The summed E-state index contributed by atoms with van der Waals surface area (Å²) in [6, 6.07) is 20.9. The van der Waals surface area contributed by atoms with Gasteiger partial charge >= 0.3 is 0 Å². The number of hydrogen-bond acceptors (Lipinski definition) is 6. The van der Waals surface area contributed by atoms with Crippen LogP contribution in [0, 0.1) is 6.54 Å². The number of anilines is 1. The molecule has 3 heterocycles. The minimum Gasteiger partial charge on any atom is -0.460 e. The Hall–Kier alpha value is -3.51. The molecule has 0 N–H and O–H groups in total. The Morgan fingerprint density at radius 2 is 1.83 bits per heavy atom. The van der Waals surface area contributed by atoms with Gasteiger partial charge in [-0.3, -0.25) is 9.88 Å². The number of benzene rings is 2. The highest BCUT2D eigenvalue weighted by Crippen LogP contribution is 2.30. The van der Waals surface area contributed by atoms with Crippen LogP contribution in [0.3, 0.4) is 0 Å². The van der Waals surface area contributed by atoms with Crippen molar-refractivity contribution >= 4 is 32.7 Å². The molecule has 5 nitrogen and oxygen atoms in total. The monoisotopic (exact) mass is 397 g/mol. The van der Waals surface area contributed by atoms with Crippen LogP contribution < -0.4 is 4.90 Å². The number of pyridine rings is 1. The van der Waals surface area contributed by atoms with Crippen molar-refractivity contribution in [3.63, 3.8) is 0 Å². The zero-order chi connectivity index (χ0) is 19.5. The number of hydrogen-bond donors (Lipinski definition) is 0. The number of para-hydroxylation sites is 1. The first-order chi connectivity index (χ1) is 14.4. The van der Waals surface area contributed by atoms with Crippen molar-refractivity contribution in [3.8, 4) is 11.1 Å². The molecule has 2 aromatic heterocycles. The van der Waals surface area contributed by atoms with E-state index in [9.17, 15) is 0 Å². The largest absolute Gasteiger partial charge is 0.460 e. The maximum absolute atomic E-state index is 6.03. The highest BCUT2D eigenvalue weighted by molar-refractivity contribution is 7.22. The molecule has 0 fully saturated rings. The van der Waals surface area contributed by atoms with Gasteiger partial charge in [0.15, 0.2) is 5.13 Å². The molecular formula is C23H17N4OS. The zero-order valence-corrected chi connectivity index (χ0v) is 16.3. The third kappa shape index (κ3) is 3.75. The van der Waals surface area contributed by atoms with Gasteiger partial charge in [0.2, 0.25) is 0 Å². The van der Waals surface area contributed by atoms with Gasteiger partial charge in [-0.25, -0.2) is 9.98 Å². The molecule has 1 radical (unpaired) electrons. The predicted molar refractivity (Wildman–Crippen MR) is 117 cm³/mol. The summed E-state index contributed by atoms with van der Waals surface area (Å²) in [4.78, 5) is 15.2. The normalized spacial score (nSPS) is 13.5. The molecule has 0 bridgehead atoms.